The average molecular weight is 453 g/mol. The van der Waals surface area contributed by atoms with E-state index in [9.17, 15) is 13.2 Å². The number of benzene rings is 2. The van der Waals surface area contributed by atoms with E-state index in [1.54, 1.807) is 12.1 Å². The van der Waals surface area contributed by atoms with Crippen LogP contribution in [0.15, 0.2) is 30.3 Å². The fraction of sp³-hybridized carbons (Fsp3) is 0.409. The Balaban J connectivity index is 2.38. The molecule has 0 aliphatic carbocycles. The van der Waals surface area contributed by atoms with E-state index >= 15 is 0 Å². The molecule has 0 radical (unpaired) electrons. The number of ether oxygens (including phenoxy) is 1. The first-order valence-corrected chi connectivity index (χ1v) is 11.8. The van der Waals surface area contributed by atoms with Gasteiger partial charge in [0.25, 0.3) is 0 Å². The van der Waals surface area contributed by atoms with E-state index in [0.29, 0.717) is 10.8 Å². The van der Waals surface area contributed by atoms with Crippen molar-refractivity contribution in [3.63, 3.8) is 0 Å². The Bertz CT molecular complexity index is 1050. The van der Waals surface area contributed by atoms with Crippen molar-refractivity contribution < 1.29 is 17.9 Å². The van der Waals surface area contributed by atoms with Gasteiger partial charge in [0.2, 0.25) is 15.9 Å². The molecular weight excluding hydrogens is 424 g/mol. The number of carbonyl (C=O) groups is 1. The number of anilines is 1. The van der Waals surface area contributed by atoms with Crippen LogP contribution in [0, 0.1) is 20.8 Å². The summed E-state index contributed by atoms with van der Waals surface area (Å²) >= 11 is 6.08. The van der Waals surface area contributed by atoms with Gasteiger partial charge in [-0.1, -0.05) is 23.7 Å². The summed E-state index contributed by atoms with van der Waals surface area (Å²) in [6.07, 6.45) is 1.05. The molecule has 2 rings (SSSR count). The van der Waals surface area contributed by atoms with Crippen LogP contribution >= 0.6 is 11.6 Å². The zero-order valence-corrected chi connectivity index (χ0v) is 20.0. The van der Waals surface area contributed by atoms with E-state index < -0.39 is 22.0 Å². The third-order valence-corrected chi connectivity index (χ3v) is 6.64. The van der Waals surface area contributed by atoms with E-state index in [-0.39, 0.29) is 11.7 Å². The number of hydrogen-bond acceptors (Lipinski definition) is 4. The number of hydrogen-bond donors (Lipinski definition) is 1. The minimum atomic E-state index is -3.80. The molecule has 2 atom stereocenters. The first-order chi connectivity index (χ1) is 13.9. The van der Waals surface area contributed by atoms with E-state index in [1.165, 1.54) is 25.7 Å². The number of amides is 1. The highest BCUT2D eigenvalue weighted by Gasteiger charge is 2.32. The van der Waals surface area contributed by atoms with Crippen molar-refractivity contribution in [3.8, 4) is 5.75 Å². The second-order valence-corrected chi connectivity index (χ2v) is 9.87. The van der Waals surface area contributed by atoms with Gasteiger partial charge in [-0.25, -0.2) is 8.42 Å². The van der Waals surface area contributed by atoms with Gasteiger partial charge in [0.15, 0.2) is 0 Å². The van der Waals surface area contributed by atoms with Crippen LogP contribution in [0.5, 0.6) is 5.75 Å². The minimum Gasteiger partial charge on any atom is -0.495 e. The highest BCUT2D eigenvalue weighted by Crippen LogP contribution is 2.34. The van der Waals surface area contributed by atoms with Crippen molar-refractivity contribution in [1.29, 1.82) is 0 Å². The average Bonchev–Trinajstić information content (AvgIpc) is 2.63. The van der Waals surface area contributed by atoms with Gasteiger partial charge in [0.1, 0.15) is 11.8 Å². The molecule has 1 N–H and O–H groups in total. The Hall–Kier alpha value is -2.25. The Morgan fingerprint density at radius 2 is 1.67 bits per heavy atom. The number of rotatable bonds is 7. The van der Waals surface area contributed by atoms with Crippen LogP contribution in [0.2, 0.25) is 5.02 Å². The van der Waals surface area contributed by atoms with Gasteiger partial charge in [-0.05, 0) is 75.1 Å². The maximum atomic E-state index is 13.0. The monoisotopic (exact) mass is 452 g/mol. The Morgan fingerprint density at radius 1 is 1.07 bits per heavy atom. The number of methoxy groups -OCH3 is 1. The Kier molecular flexibility index (Phi) is 7.42. The Labute approximate surface area is 184 Å². The molecule has 6 nitrogen and oxygen atoms in total. The van der Waals surface area contributed by atoms with Gasteiger partial charge in [0.05, 0.1) is 25.1 Å². The fourth-order valence-corrected chi connectivity index (χ4v) is 4.81. The van der Waals surface area contributed by atoms with Crippen LogP contribution in [0.4, 0.5) is 5.69 Å². The maximum Gasteiger partial charge on any atom is 0.244 e. The predicted octanol–water partition coefficient (Wildman–Crippen LogP) is 4.31. The third-order valence-electron chi connectivity index (χ3n) is 5.17. The first kappa shape index (κ1) is 24.0. The van der Waals surface area contributed by atoms with Crippen LogP contribution in [0.1, 0.15) is 42.1 Å². The SMILES string of the molecule is COc1ccc(Cl)cc1N([C@@H](C)C(=O)N[C@H](C)c1cc(C)c(C)cc1C)S(C)(=O)=O. The number of aryl methyl sites for hydroxylation is 3. The molecule has 0 aliphatic heterocycles. The summed E-state index contributed by atoms with van der Waals surface area (Å²) < 4.78 is 31.5. The van der Waals surface area contributed by atoms with Crippen LogP contribution < -0.4 is 14.4 Å². The van der Waals surface area contributed by atoms with Crippen LogP contribution in [0.3, 0.4) is 0 Å². The minimum absolute atomic E-state index is 0.213. The van der Waals surface area contributed by atoms with Crippen molar-refractivity contribution in [2.45, 2.75) is 46.7 Å². The number of sulfonamides is 1. The summed E-state index contributed by atoms with van der Waals surface area (Å²) in [5.74, 6) is -0.116. The molecule has 1 amide bonds. The lowest BCUT2D eigenvalue weighted by molar-refractivity contribution is -0.122. The topological polar surface area (TPSA) is 75.7 Å². The van der Waals surface area contributed by atoms with E-state index in [2.05, 4.69) is 17.4 Å². The number of carbonyl (C=O) groups excluding carboxylic acids is 1. The van der Waals surface area contributed by atoms with Gasteiger partial charge in [-0.15, -0.1) is 0 Å². The lowest BCUT2D eigenvalue weighted by atomic mass is 9.96. The lowest BCUT2D eigenvalue weighted by Crippen LogP contribution is -2.48. The molecule has 0 spiro atoms. The molecule has 0 saturated carbocycles. The second-order valence-electron chi connectivity index (χ2n) is 7.57. The summed E-state index contributed by atoms with van der Waals surface area (Å²) in [4.78, 5) is 13.0. The summed E-state index contributed by atoms with van der Waals surface area (Å²) in [6.45, 7) is 9.47. The smallest absolute Gasteiger partial charge is 0.244 e. The molecule has 2 aromatic carbocycles. The molecule has 0 aliphatic rings. The van der Waals surface area contributed by atoms with Gasteiger partial charge in [-0.3, -0.25) is 9.10 Å². The van der Waals surface area contributed by atoms with Crippen LogP contribution in [-0.4, -0.2) is 33.7 Å². The third kappa shape index (κ3) is 5.26. The van der Waals surface area contributed by atoms with Crippen molar-refractivity contribution in [2.75, 3.05) is 17.7 Å². The number of nitrogens with zero attached hydrogens (tertiary/aromatic N) is 1. The highest BCUT2D eigenvalue weighted by atomic mass is 35.5. The molecule has 0 bridgehead atoms. The fourth-order valence-electron chi connectivity index (χ4n) is 3.48. The summed E-state index contributed by atoms with van der Waals surface area (Å²) in [5.41, 5.74) is 4.58. The maximum absolute atomic E-state index is 13.0. The number of halogens is 1. The van der Waals surface area contributed by atoms with E-state index in [4.69, 9.17) is 16.3 Å². The Morgan fingerprint density at radius 3 is 2.23 bits per heavy atom. The van der Waals surface area contributed by atoms with Gasteiger partial charge >= 0.3 is 0 Å². The molecule has 0 heterocycles. The zero-order valence-electron chi connectivity index (χ0n) is 18.4. The van der Waals surface area contributed by atoms with Gasteiger partial charge in [0, 0.05) is 5.02 Å². The predicted molar refractivity (Wildman–Crippen MR) is 122 cm³/mol. The van der Waals surface area contributed by atoms with E-state index in [0.717, 1.165) is 27.3 Å². The molecule has 8 heteroatoms. The van der Waals surface area contributed by atoms with Crippen LogP contribution in [-0.2, 0) is 14.8 Å². The van der Waals surface area contributed by atoms with Crippen molar-refractivity contribution in [3.05, 3.63) is 57.6 Å². The zero-order chi connectivity index (χ0) is 22.8. The van der Waals surface area contributed by atoms with Gasteiger partial charge in [-0.2, -0.15) is 0 Å². The summed E-state index contributed by atoms with van der Waals surface area (Å²) in [7, 11) is -2.37. The first-order valence-electron chi connectivity index (χ1n) is 9.57. The van der Waals surface area contributed by atoms with Crippen molar-refractivity contribution in [1.82, 2.24) is 5.32 Å². The lowest BCUT2D eigenvalue weighted by Gasteiger charge is -2.30. The summed E-state index contributed by atoms with van der Waals surface area (Å²) in [5, 5.41) is 3.28. The molecule has 0 aromatic heterocycles. The summed E-state index contributed by atoms with van der Waals surface area (Å²) in [6, 6.07) is 7.47. The normalized spacial score (nSPS) is 13.5. The van der Waals surface area contributed by atoms with Crippen LogP contribution in [0.25, 0.3) is 0 Å². The van der Waals surface area contributed by atoms with E-state index in [1.807, 2.05) is 27.7 Å². The molecule has 0 unspecified atom stereocenters. The number of nitrogens with one attached hydrogen (secondary N) is 1. The largest absolute Gasteiger partial charge is 0.495 e. The van der Waals surface area contributed by atoms with Crippen molar-refractivity contribution >= 4 is 33.2 Å². The molecule has 2 aromatic rings. The van der Waals surface area contributed by atoms with Crippen molar-refractivity contribution in [2.24, 2.45) is 0 Å². The van der Waals surface area contributed by atoms with Gasteiger partial charge < -0.3 is 10.1 Å². The molecular formula is C22H29ClN2O4S. The quantitative estimate of drug-likeness (QED) is 0.679. The molecule has 0 saturated heterocycles. The molecule has 164 valence electrons. The highest BCUT2D eigenvalue weighted by molar-refractivity contribution is 7.92. The standard InChI is InChI=1S/C22H29ClN2O4S/c1-13-10-15(3)19(11-14(13)2)16(4)24-22(26)17(5)25(30(7,27)28)20-12-18(23)8-9-21(20)29-6/h8-12,16-17H,1-7H3,(H,24,26)/t16-,17+/m1/s1. The second kappa shape index (κ2) is 9.27. The molecule has 0 fully saturated rings. The molecule has 30 heavy (non-hydrogen) atoms.